The number of likely N-dealkylation sites (N-methyl/N-ethyl adjacent to an activating group) is 1. The van der Waals surface area contributed by atoms with Gasteiger partial charge in [-0.25, -0.2) is 14.4 Å². The van der Waals surface area contributed by atoms with Gasteiger partial charge in [0.15, 0.2) is 11.6 Å². The number of aromatic nitrogens is 2. The number of hydrogen-bond acceptors (Lipinski definition) is 7. The van der Waals surface area contributed by atoms with Gasteiger partial charge in [0, 0.05) is 44.7 Å². The average Bonchev–Trinajstić information content (AvgIpc) is 2.61. The average molecular weight is 350 g/mol. The molecule has 8 heteroatoms. The standard InChI is InChI=1S/C17H23FN4O3/c1-21(9-12(23)10-22-3-5-25-6-4-22)17-13-7-16(24-2)14(18)8-15(13)19-11-20-17/h7-8,11-12,23H,3-6,9-10H2,1-2H3. The Hall–Kier alpha value is -2.03. The summed E-state index contributed by atoms with van der Waals surface area (Å²) in [4.78, 5) is 12.5. The summed E-state index contributed by atoms with van der Waals surface area (Å²) in [5.41, 5.74) is 0.498. The van der Waals surface area contributed by atoms with E-state index in [0.717, 1.165) is 13.1 Å². The van der Waals surface area contributed by atoms with E-state index in [-0.39, 0.29) is 5.75 Å². The van der Waals surface area contributed by atoms with Gasteiger partial charge in [-0.05, 0) is 6.07 Å². The molecule has 0 radical (unpaired) electrons. The zero-order valence-corrected chi connectivity index (χ0v) is 14.5. The Balaban J connectivity index is 1.75. The number of nitrogens with zero attached hydrogens (tertiary/aromatic N) is 4. The molecule has 1 atom stereocenters. The fraction of sp³-hybridized carbons (Fsp3) is 0.529. The van der Waals surface area contributed by atoms with Crippen LogP contribution in [-0.4, -0.2) is 79.6 Å². The van der Waals surface area contributed by atoms with Crippen molar-refractivity contribution < 1.29 is 19.0 Å². The predicted octanol–water partition coefficient (Wildman–Crippen LogP) is 0.907. The van der Waals surface area contributed by atoms with Gasteiger partial charge in [0.1, 0.15) is 12.1 Å². The highest BCUT2D eigenvalue weighted by Gasteiger charge is 2.18. The van der Waals surface area contributed by atoms with Crippen LogP contribution in [0.3, 0.4) is 0 Å². The van der Waals surface area contributed by atoms with E-state index < -0.39 is 11.9 Å². The molecule has 0 spiro atoms. The van der Waals surface area contributed by atoms with Crippen LogP contribution < -0.4 is 9.64 Å². The molecule has 3 rings (SSSR count). The smallest absolute Gasteiger partial charge is 0.167 e. The number of hydrogen-bond donors (Lipinski definition) is 1. The van der Waals surface area contributed by atoms with Crippen LogP contribution in [0.15, 0.2) is 18.5 Å². The Morgan fingerprint density at radius 1 is 1.36 bits per heavy atom. The van der Waals surface area contributed by atoms with Crippen molar-refractivity contribution >= 4 is 16.7 Å². The number of methoxy groups -OCH3 is 1. The second-order valence-electron chi connectivity index (χ2n) is 6.15. The second kappa shape index (κ2) is 7.90. The molecule has 1 N–H and O–H groups in total. The molecule has 1 saturated heterocycles. The van der Waals surface area contributed by atoms with Gasteiger partial charge in [-0.15, -0.1) is 0 Å². The molecule has 25 heavy (non-hydrogen) atoms. The van der Waals surface area contributed by atoms with E-state index in [1.54, 1.807) is 6.07 Å². The lowest BCUT2D eigenvalue weighted by Crippen LogP contribution is -2.44. The van der Waals surface area contributed by atoms with Crippen LogP contribution in [-0.2, 0) is 4.74 Å². The quantitative estimate of drug-likeness (QED) is 0.830. The first-order valence-corrected chi connectivity index (χ1v) is 8.26. The molecule has 1 aliphatic rings. The Morgan fingerprint density at radius 3 is 2.84 bits per heavy atom. The maximum Gasteiger partial charge on any atom is 0.167 e. The summed E-state index contributed by atoms with van der Waals surface area (Å²) < 4.78 is 24.2. The molecule has 2 aromatic rings. The van der Waals surface area contributed by atoms with Crippen molar-refractivity contribution in [1.29, 1.82) is 0 Å². The van der Waals surface area contributed by atoms with Crippen LogP contribution in [0.25, 0.3) is 10.9 Å². The van der Waals surface area contributed by atoms with Gasteiger partial charge in [-0.2, -0.15) is 0 Å². The van der Waals surface area contributed by atoms with Crippen LogP contribution in [0.2, 0.25) is 0 Å². The molecule has 0 aliphatic carbocycles. The van der Waals surface area contributed by atoms with Crippen LogP contribution in [0.4, 0.5) is 10.2 Å². The topological polar surface area (TPSA) is 71.0 Å². The third-order valence-electron chi connectivity index (χ3n) is 4.31. The first-order valence-electron chi connectivity index (χ1n) is 8.26. The third kappa shape index (κ3) is 4.15. The maximum atomic E-state index is 13.9. The minimum absolute atomic E-state index is 0.144. The molecule has 136 valence electrons. The third-order valence-corrected chi connectivity index (χ3v) is 4.31. The molecule has 1 fully saturated rings. The molecule has 0 saturated carbocycles. The number of β-amino-alcohol motifs (C(OH)–C–C–N with tert-alkyl or cyclic N) is 1. The lowest BCUT2D eigenvalue weighted by atomic mass is 10.2. The lowest BCUT2D eigenvalue weighted by molar-refractivity contribution is 0.0162. The first kappa shape index (κ1) is 17.8. The van der Waals surface area contributed by atoms with E-state index >= 15 is 0 Å². The summed E-state index contributed by atoms with van der Waals surface area (Å²) in [5, 5.41) is 11.1. The minimum Gasteiger partial charge on any atom is -0.494 e. The number of anilines is 1. The number of rotatable bonds is 6. The van der Waals surface area contributed by atoms with Crippen molar-refractivity contribution in [2.75, 3.05) is 58.5 Å². The minimum atomic E-state index is -0.532. The second-order valence-corrected chi connectivity index (χ2v) is 6.15. The number of benzene rings is 1. The van der Waals surface area contributed by atoms with Crippen LogP contribution >= 0.6 is 0 Å². The molecule has 2 heterocycles. The summed E-state index contributed by atoms with van der Waals surface area (Å²) >= 11 is 0. The van der Waals surface area contributed by atoms with Crippen LogP contribution in [0.5, 0.6) is 5.75 Å². The van der Waals surface area contributed by atoms with Crippen molar-refractivity contribution in [3.8, 4) is 5.75 Å². The SMILES string of the molecule is COc1cc2c(N(C)CC(O)CN3CCOCC3)ncnc2cc1F. The van der Waals surface area contributed by atoms with Gasteiger partial charge < -0.3 is 19.5 Å². The van der Waals surface area contributed by atoms with E-state index in [2.05, 4.69) is 14.9 Å². The van der Waals surface area contributed by atoms with E-state index in [1.807, 2.05) is 11.9 Å². The van der Waals surface area contributed by atoms with Gasteiger partial charge in [0.25, 0.3) is 0 Å². The largest absolute Gasteiger partial charge is 0.494 e. The van der Waals surface area contributed by atoms with Gasteiger partial charge in [0.2, 0.25) is 0 Å². The summed E-state index contributed by atoms with van der Waals surface area (Å²) in [6, 6.07) is 2.92. The first-order chi connectivity index (χ1) is 12.1. The van der Waals surface area contributed by atoms with Crippen molar-refractivity contribution in [3.05, 3.63) is 24.3 Å². The van der Waals surface area contributed by atoms with E-state index in [0.29, 0.717) is 43.0 Å². The van der Waals surface area contributed by atoms with Gasteiger partial charge >= 0.3 is 0 Å². The summed E-state index contributed by atoms with van der Waals surface area (Å²) in [6.07, 6.45) is 0.865. The number of fused-ring (bicyclic) bond motifs is 1. The molecule has 1 aliphatic heterocycles. The summed E-state index contributed by atoms with van der Waals surface area (Å²) in [7, 11) is 3.27. The number of halogens is 1. The normalized spacial score (nSPS) is 16.8. The molecular weight excluding hydrogens is 327 g/mol. The van der Waals surface area contributed by atoms with E-state index in [4.69, 9.17) is 9.47 Å². The van der Waals surface area contributed by atoms with E-state index in [1.165, 1.54) is 19.5 Å². The number of morpholine rings is 1. The Labute approximate surface area is 146 Å². The van der Waals surface area contributed by atoms with Gasteiger partial charge in [-0.1, -0.05) is 0 Å². The number of aliphatic hydroxyl groups is 1. The molecule has 1 unspecified atom stereocenters. The fourth-order valence-corrected chi connectivity index (χ4v) is 3.05. The molecular formula is C17H23FN4O3. The highest BCUT2D eigenvalue weighted by molar-refractivity contribution is 5.90. The lowest BCUT2D eigenvalue weighted by Gasteiger charge is -2.30. The highest BCUT2D eigenvalue weighted by Crippen LogP contribution is 2.28. The van der Waals surface area contributed by atoms with Crippen LogP contribution in [0, 0.1) is 5.82 Å². The van der Waals surface area contributed by atoms with Crippen molar-refractivity contribution in [3.63, 3.8) is 0 Å². The molecule has 1 aromatic carbocycles. The summed E-state index contributed by atoms with van der Waals surface area (Å²) in [6.45, 7) is 4.04. The number of ether oxygens (including phenoxy) is 2. The zero-order chi connectivity index (χ0) is 17.8. The van der Waals surface area contributed by atoms with Crippen LogP contribution in [0.1, 0.15) is 0 Å². The van der Waals surface area contributed by atoms with Crippen molar-refractivity contribution in [1.82, 2.24) is 14.9 Å². The molecule has 0 amide bonds. The van der Waals surface area contributed by atoms with Gasteiger partial charge in [-0.3, -0.25) is 4.90 Å². The molecule has 7 nitrogen and oxygen atoms in total. The maximum absolute atomic E-state index is 13.9. The molecule has 0 bridgehead atoms. The molecule has 1 aromatic heterocycles. The fourth-order valence-electron chi connectivity index (χ4n) is 3.05. The van der Waals surface area contributed by atoms with Crippen molar-refractivity contribution in [2.24, 2.45) is 0 Å². The Kier molecular flexibility index (Phi) is 5.62. The number of aliphatic hydroxyl groups excluding tert-OH is 1. The Morgan fingerprint density at radius 2 is 2.12 bits per heavy atom. The predicted molar refractivity (Wildman–Crippen MR) is 92.6 cm³/mol. The van der Waals surface area contributed by atoms with Crippen molar-refractivity contribution in [2.45, 2.75) is 6.10 Å². The highest BCUT2D eigenvalue weighted by atomic mass is 19.1. The Bertz CT molecular complexity index is 724. The van der Waals surface area contributed by atoms with E-state index in [9.17, 15) is 9.50 Å². The summed E-state index contributed by atoms with van der Waals surface area (Å²) in [5.74, 6) is 0.310. The monoisotopic (exact) mass is 350 g/mol. The van der Waals surface area contributed by atoms with Gasteiger partial charge in [0.05, 0.1) is 31.9 Å². The zero-order valence-electron chi connectivity index (χ0n) is 14.5.